The predicted molar refractivity (Wildman–Crippen MR) is 61.6 cm³/mol. The van der Waals surface area contributed by atoms with E-state index in [1.165, 1.54) is 0 Å². The second-order valence-electron chi connectivity index (χ2n) is 4.32. The van der Waals surface area contributed by atoms with Crippen molar-refractivity contribution < 1.29 is 14.4 Å². The maximum Gasteiger partial charge on any atom is 0.239 e. The summed E-state index contributed by atoms with van der Waals surface area (Å²) in [6.45, 7) is 3.02. The summed E-state index contributed by atoms with van der Waals surface area (Å²) in [6, 6.07) is 1.78. The van der Waals surface area contributed by atoms with Crippen molar-refractivity contribution in [3.05, 3.63) is 11.8 Å². The number of rotatable bonds is 4. The molecule has 0 aliphatic carbocycles. The fourth-order valence-electron chi connectivity index (χ4n) is 2.10. The molecule has 6 heteroatoms. The largest absolute Gasteiger partial charge is 0.395 e. The molecule has 0 spiro atoms. The SMILES string of the molecule is Cc1cc(NC(=O)CN2CCCC2CO)no1. The van der Waals surface area contributed by atoms with Crippen molar-refractivity contribution in [2.75, 3.05) is 25.0 Å². The van der Waals surface area contributed by atoms with Gasteiger partial charge in [-0.15, -0.1) is 0 Å². The number of aliphatic hydroxyl groups is 1. The molecule has 0 aromatic carbocycles. The second-order valence-corrected chi connectivity index (χ2v) is 4.32. The molecule has 0 bridgehead atoms. The van der Waals surface area contributed by atoms with Gasteiger partial charge in [0.05, 0.1) is 13.2 Å². The van der Waals surface area contributed by atoms with Crippen molar-refractivity contribution in [2.45, 2.75) is 25.8 Å². The maximum atomic E-state index is 11.7. The predicted octanol–water partition coefficient (Wildman–Crippen LogP) is 0.378. The molecule has 1 aliphatic rings. The van der Waals surface area contributed by atoms with Crippen molar-refractivity contribution >= 4 is 11.7 Å². The van der Waals surface area contributed by atoms with E-state index >= 15 is 0 Å². The van der Waals surface area contributed by atoms with E-state index < -0.39 is 0 Å². The molecule has 2 rings (SSSR count). The summed E-state index contributed by atoms with van der Waals surface area (Å²) in [7, 11) is 0. The highest BCUT2D eigenvalue weighted by Crippen LogP contribution is 2.16. The van der Waals surface area contributed by atoms with E-state index in [1.54, 1.807) is 13.0 Å². The molecule has 1 amide bonds. The van der Waals surface area contributed by atoms with Gasteiger partial charge in [0, 0.05) is 12.1 Å². The minimum Gasteiger partial charge on any atom is -0.395 e. The summed E-state index contributed by atoms with van der Waals surface area (Å²) in [6.07, 6.45) is 1.98. The molecule has 2 heterocycles. The van der Waals surface area contributed by atoms with Crippen molar-refractivity contribution in [2.24, 2.45) is 0 Å². The molecule has 1 unspecified atom stereocenters. The summed E-state index contributed by atoms with van der Waals surface area (Å²) >= 11 is 0. The molecule has 17 heavy (non-hydrogen) atoms. The molecule has 1 atom stereocenters. The normalized spacial score (nSPS) is 20.7. The van der Waals surface area contributed by atoms with Crippen molar-refractivity contribution in [3.8, 4) is 0 Å². The monoisotopic (exact) mass is 239 g/mol. The van der Waals surface area contributed by atoms with E-state index in [-0.39, 0.29) is 25.1 Å². The summed E-state index contributed by atoms with van der Waals surface area (Å²) in [5.74, 6) is 0.973. The van der Waals surface area contributed by atoms with E-state index in [0.29, 0.717) is 11.6 Å². The lowest BCUT2D eigenvalue weighted by Crippen LogP contribution is -2.38. The molecule has 1 fully saturated rings. The van der Waals surface area contributed by atoms with Crippen LogP contribution in [-0.4, -0.2) is 46.8 Å². The summed E-state index contributed by atoms with van der Waals surface area (Å²) in [4.78, 5) is 13.7. The van der Waals surface area contributed by atoms with Gasteiger partial charge in [-0.05, 0) is 26.3 Å². The van der Waals surface area contributed by atoms with Gasteiger partial charge in [0.25, 0.3) is 0 Å². The molecule has 6 nitrogen and oxygen atoms in total. The number of amides is 1. The lowest BCUT2D eigenvalue weighted by atomic mass is 10.2. The van der Waals surface area contributed by atoms with Crippen molar-refractivity contribution in [1.29, 1.82) is 0 Å². The first-order valence-electron chi connectivity index (χ1n) is 5.77. The smallest absolute Gasteiger partial charge is 0.239 e. The van der Waals surface area contributed by atoms with Gasteiger partial charge in [-0.3, -0.25) is 9.69 Å². The highest BCUT2D eigenvalue weighted by Gasteiger charge is 2.25. The summed E-state index contributed by atoms with van der Waals surface area (Å²) in [5, 5.41) is 15.5. The topological polar surface area (TPSA) is 78.6 Å². The first-order valence-corrected chi connectivity index (χ1v) is 5.77. The highest BCUT2D eigenvalue weighted by molar-refractivity contribution is 5.91. The number of hydrogen-bond donors (Lipinski definition) is 2. The number of nitrogens with zero attached hydrogens (tertiary/aromatic N) is 2. The fraction of sp³-hybridized carbons (Fsp3) is 0.636. The number of anilines is 1. The lowest BCUT2D eigenvalue weighted by molar-refractivity contribution is -0.117. The second kappa shape index (κ2) is 5.29. The van der Waals surface area contributed by atoms with Crippen molar-refractivity contribution in [3.63, 3.8) is 0 Å². The van der Waals surface area contributed by atoms with Crippen LogP contribution in [0.25, 0.3) is 0 Å². The van der Waals surface area contributed by atoms with Gasteiger partial charge in [-0.1, -0.05) is 5.16 Å². The van der Waals surface area contributed by atoms with Crippen LogP contribution in [-0.2, 0) is 4.79 Å². The van der Waals surface area contributed by atoms with Crippen LogP contribution in [0, 0.1) is 6.92 Å². The van der Waals surface area contributed by atoms with Crippen LogP contribution in [0.2, 0.25) is 0 Å². The average molecular weight is 239 g/mol. The van der Waals surface area contributed by atoms with Gasteiger partial charge in [0.15, 0.2) is 5.82 Å². The van der Waals surface area contributed by atoms with Crippen LogP contribution < -0.4 is 5.32 Å². The van der Waals surface area contributed by atoms with Crippen LogP contribution in [0.5, 0.6) is 0 Å². The third-order valence-corrected chi connectivity index (χ3v) is 2.95. The highest BCUT2D eigenvalue weighted by atomic mass is 16.5. The van der Waals surface area contributed by atoms with Crippen LogP contribution in [0.1, 0.15) is 18.6 Å². The maximum absolute atomic E-state index is 11.7. The molecule has 94 valence electrons. The Kier molecular flexibility index (Phi) is 3.75. The zero-order valence-electron chi connectivity index (χ0n) is 9.85. The Balaban J connectivity index is 1.85. The quantitative estimate of drug-likeness (QED) is 0.794. The standard InChI is InChI=1S/C11H17N3O3/c1-8-5-10(13-17-8)12-11(16)6-14-4-2-3-9(14)7-15/h5,9,15H,2-4,6-7H2,1H3,(H,12,13,16). The van der Waals surface area contributed by atoms with E-state index in [0.717, 1.165) is 19.4 Å². The molecule has 1 aromatic heterocycles. The van der Waals surface area contributed by atoms with Gasteiger partial charge in [0.2, 0.25) is 5.91 Å². The molecule has 0 saturated carbocycles. The van der Waals surface area contributed by atoms with Gasteiger partial charge in [0.1, 0.15) is 5.76 Å². The van der Waals surface area contributed by atoms with Crippen molar-refractivity contribution in [1.82, 2.24) is 10.1 Å². The number of aryl methyl sites for hydroxylation is 1. The number of carbonyl (C=O) groups is 1. The molecular formula is C11H17N3O3. The summed E-state index contributed by atoms with van der Waals surface area (Å²) in [5.41, 5.74) is 0. The van der Waals surface area contributed by atoms with Gasteiger partial charge < -0.3 is 14.9 Å². The van der Waals surface area contributed by atoms with Gasteiger partial charge >= 0.3 is 0 Å². The number of nitrogens with one attached hydrogen (secondary N) is 1. The van der Waals surface area contributed by atoms with E-state index in [4.69, 9.17) is 9.63 Å². The molecule has 2 N–H and O–H groups in total. The first kappa shape index (κ1) is 12.1. The molecule has 1 saturated heterocycles. The van der Waals surface area contributed by atoms with Gasteiger partial charge in [-0.2, -0.15) is 0 Å². The van der Waals surface area contributed by atoms with E-state index in [1.807, 2.05) is 4.90 Å². The van der Waals surface area contributed by atoms with Gasteiger partial charge in [-0.25, -0.2) is 0 Å². The fourth-order valence-corrected chi connectivity index (χ4v) is 2.10. The molecule has 1 aliphatic heterocycles. The van der Waals surface area contributed by atoms with Crippen LogP contribution in [0.4, 0.5) is 5.82 Å². The average Bonchev–Trinajstić information content (AvgIpc) is 2.87. The molecule has 0 radical (unpaired) electrons. The first-order chi connectivity index (χ1) is 8.19. The Hall–Kier alpha value is -1.40. The number of aromatic nitrogens is 1. The number of hydrogen-bond acceptors (Lipinski definition) is 5. The third-order valence-electron chi connectivity index (χ3n) is 2.95. The zero-order valence-corrected chi connectivity index (χ0v) is 9.85. The van der Waals surface area contributed by atoms with Crippen LogP contribution >= 0.6 is 0 Å². The Labute approximate surface area is 99.6 Å². The number of carbonyl (C=O) groups excluding carboxylic acids is 1. The number of aliphatic hydroxyl groups excluding tert-OH is 1. The van der Waals surface area contributed by atoms with Crippen LogP contribution in [0.15, 0.2) is 10.6 Å². The Morgan fingerprint density at radius 1 is 1.76 bits per heavy atom. The van der Waals surface area contributed by atoms with Crippen LogP contribution in [0.3, 0.4) is 0 Å². The minimum absolute atomic E-state index is 0.107. The Morgan fingerprint density at radius 3 is 3.24 bits per heavy atom. The molecular weight excluding hydrogens is 222 g/mol. The number of likely N-dealkylation sites (tertiary alicyclic amines) is 1. The van der Waals surface area contributed by atoms with E-state index in [2.05, 4.69) is 10.5 Å². The zero-order chi connectivity index (χ0) is 12.3. The summed E-state index contributed by atoms with van der Waals surface area (Å²) < 4.78 is 4.86. The molecule has 1 aromatic rings. The van der Waals surface area contributed by atoms with E-state index in [9.17, 15) is 4.79 Å². The Bertz CT molecular complexity index is 391. The minimum atomic E-state index is -0.126. The third kappa shape index (κ3) is 3.04. The lowest BCUT2D eigenvalue weighted by Gasteiger charge is -2.21. The Morgan fingerprint density at radius 2 is 2.59 bits per heavy atom.